The molecule has 104 valence electrons. The van der Waals surface area contributed by atoms with E-state index in [1.165, 1.54) is 11.1 Å². The van der Waals surface area contributed by atoms with Crippen molar-refractivity contribution in [2.45, 2.75) is 20.8 Å². The minimum absolute atomic E-state index is 0.0994. The van der Waals surface area contributed by atoms with Gasteiger partial charge in [0.15, 0.2) is 0 Å². The van der Waals surface area contributed by atoms with Gasteiger partial charge >= 0.3 is 0 Å². The number of nitrogens with one attached hydrogen (secondary N) is 2. The zero-order chi connectivity index (χ0) is 14.7. The van der Waals surface area contributed by atoms with Gasteiger partial charge in [0.25, 0.3) is 5.91 Å². The van der Waals surface area contributed by atoms with E-state index in [9.17, 15) is 4.79 Å². The molecule has 20 heavy (non-hydrogen) atoms. The van der Waals surface area contributed by atoms with E-state index in [0.717, 1.165) is 16.9 Å². The first-order valence-corrected chi connectivity index (χ1v) is 6.68. The lowest BCUT2D eigenvalue weighted by Crippen LogP contribution is -2.14. The summed E-state index contributed by atoms with van der Waals surface area (Å²) in [7, 11) is 1.82. The molecule has 0 aliphatic carbocycles. The second-order valence-electron chi connectivity index (χ2n) is 5.05. The lowest BCUT2D eigenvalue weighted by Gasteiger charge is -2.11. The van der Waals surface area contributed by atoms with Crippen LogP contribution in [0.25, 0.3) is 0 Å². The molecular weight excluding hydrogens is 248 g/mol. The first kappa shape index (κ1) is 14.1. The van der Waals surface area contributed by atoms with Crippen molar-refractivity contribution in [3.05, 3.63) is 58.7 Å². The van der Waals surface area contributed by atoms with Crippen molar-refractivity contribution in [1.82, 2.24) is 0 Å². The van der Waals surface area contributed by atoms with Crippen LogP contribution in [0, 0.1) is 20.8 Å². The molecular formula is C17H20N2O. The summed E-state index contributed by atoms with van der Waals surface area (Å²) >= 11 is 0. The summed E-state index contributed by atoms with van der Waals surface area (Å²) in [4.78, 5) is 12.4. The van der Waals surface area contributed by atoms with Crippen LogP contribution in [-0.4, -0.2) is 13.0 Å². The minimum Gasteiger partial charge on any atom is -0.387 e. The molecule has 2 rings (SSSR count). The highest BCUT2D eigenvalue weighted by molar-refractivity contribution is 6.08. The largest absolute Gasteiger partial charge is 0.387 e. The third kappa shape index (κ3) is 2.99. The van der Waals surface area contributed by atoms with Crippen LogP contribution in [0.15, 0.2) is 36.4 Å². The van der Waals surface area contributed by atoms with E-state index >= 15 is 0 Å². The lowest BCUT2D eigenvalue weighted by molar-refractivity contribution is 0.102. The predicted octanol–water partition coefficient (Wildman–Crippen LogP) is 3.91. The molecule has 2 aromatic carbocycles. The number of hydrogen-bond donors (Lipinski definition) is 2. The highest BCUT2D eigenvalue weighted by Gasteiger charge is 2.11. The van der Waals surface area contributed by atoms with Gasteiger partial charge in [-0.15, -0.1) is 0 Å². The molecule has 0 spiro atoms. The van der Waals surface area contributed by atoms with Crippen LogP contribution in [0.5, 0.6) is 0 Å². The van der Waals surface area contributed by atoms with Gasteiger partial charge in [0, 0.05) is 18.4 Å². The quantitative estimate of drug-likeness (QED) is 0.886. The standard InChI is InChI=1S/C17H20N2O/c1-11-5-8-15(16(9-11)18-4)17(20)19-14-7-6-12(2)13(3)10-14/h5-10,18H,1-4H3,(H,19,20). The Bertz CT molecular complexity index is 647. The SMILES string of the molecule is CNc1cc(C)ccc1C(=O)Nc1ccc(C)c(C)c1. The van der Waals surface area contributed by atoms with Crippen molar-refractivity contribution < 1.29 is 4.79 Å². The first-order chi connectivity index (χ1) is 9.51. The van der Waals surface area contributed by atoms with Gasteiger partial charge in [0.2, 0.25) is 0 Å². The van der Waals surface area contributed by atoms with E-state index in [1.54, 1.807) is 0 Å². The molecule has 0 heterocycles. The Balaban J connectivity index is 2.25. The van der Waals surface area contributed by atoms with Crippen molar-refractivity contribution in [2.75, 3.05) is 17.7 Å². The number of aryl methyl sites for hydroxylation is 3. The summed E-state index contributed by atoms with van der Waals surface area (Å²) in [6.45, 7) is 6.10. The van der Waals surface area contributed by atoms with Gasteiger partial charge in [-0.1, -0.05) is 12.1 Å². The summed E-state index contributed by atoms with van der Waals surface area (Å²) in [6, 6.07) is 11.7. The molecule has 1 amide bonds. The van der Waals surface area contributed by atoms with Crippen molar-refractivity contribution in [3.63, 3.8) is 0 Å². The van der Waals surface area contributed by atoms with Gasteiger partial charge in [0.1, 0.15) is 0 Å². The number of hydrogen-bond acceptors (Lipinski definition) is 2. The molecule has 2 N–H and O–H groups in total. The smallest absolute Gasteiger partial charge is 0.257 e. The third-order valence-corrected chi connectivity index (χ3v) is 3.45. The zero-order valence-corrected chi connectivity index (χ0v) is 12.4. The van der Waals surface area contributed by atoms with Crippen molar-refractivity contribution in [3.8, 4) is 0 Å². The van der Waals surface area contributed by atoms with Crippen molar-refractivity contribution in [1.29, 1.82) is 0 Å². The van der Waals surface area contributed by atoms with Gasteiger partial charge in [-0.2, -0.15) is 0 Å². The molecule has 0 unspecified atom stereocenters. The fourth-order valence-electron chi connectivity index (χ4n) is 2.08. The summed E-state index contributed by atoms with van der Waals surface area (Å²) in [5.41, 5.74) is 5.82. The topological polar surface area (TPSA) is 41.1 Å². The summed E-state index contributed by atoms with van der Waals surface area (Å²) in [6.07, 6.45) is 0. The lowest BCUT2D eigenvalue weighted by atomic mass is 10.1. The van der Waals surface area contributed by atoms with Gasteiger partial charge in [-0.05, 0) is 61.7 Å². The van der Waals surface area contributed by atoms with Gasteiger partial charge in [-0.25, -0.2) is 0 Å². The van der Waals surface area contributed by atoms with Crippen LogP contribution in [-0.2, 0) is 0 Å². The fourth-order valence-corrected chi connectivity index (χ4v) is 2.08. The third-order valence-electron chi connectivity index (χ3n) is 3.45. The second-order valence-corrected chi connectivity index (χ2v) is 5.05. The molecule has 0 aliphatic heterocycles. The van der Waals surface area contributed by atoms with Crippen LogP contribution < -0.4 is 10.6 Å². The predicted molar refractivity (Wildman–Crippen MR) is 84.6 cm³/mol. The Hall–Kier alpha value is -2.29. The number of rotatable bonds is 3. The number of benzene rings is 2. The molecule has 0 bridgehead atoms. The number of anilines is 2. The first-order valence-electron chi connectivity index (χ1n) is 6.68. The molecule has 0 saturated carbocycles. The fraction of sp³-hybridized carbons (Fsp3) is 0.235. The number of amides is 1. The molecule has 0 fully saturated rings. The Kier molecular flexibility index (Phi) is 4.08. The van der Waals surface area contributed by atoms with E-state index < -0.39 is 0 Å². The molecule has 0 radical (unpaired) electrons. The normalized spacial score (nSPS) is 10.2. The Morgan fingerprint density at radius 3 is 2.35 bits per heavy atom. The maximum Gasteiger partial charge on any atom is 0.257 e. The number of carbonyl (C=O) groups excluding carboxylic acids is 1. The maximum atomic E-state index is 12.4. The Morgan fingerprint density at radius 1 is 0.950 bits per heavy atom. The van der Waals surface area contributed by atoms with Crippen LogP contribution in [0.2, 0.25) is 0 Å². The van der Waals surface area contributed by atoms with Crippen LogP contribution >= 0.6 is 0 Å². The van der Waals surface area contributed by atoms with Gasteiger partial charge in [0.05, 0.1) is 5.56 Å². The Labute approximate surface area is 120 Å². The van der Waals surface area contributed by atoms with E-state index in [-0.39, 0.29) is 5.91 Å². The van der Waals surface area contributed by atoms with Crippen molar-refractivity contribution in [2.24, 2.45) is 0 Å². The van der Waals surface area contributed by atoms with E-state index in [4.69, 9.17) is 0 Å². The van der Waals surface area contributed by atoms with E-state index in [1.807, 2.05) is 57.3 Å². The highest BCUT2D eigenvalue weighted by atomic mass is 16.1. The average molecular weight is 268 g/mol. The van der Waals surface area contributed by atoms with E-state index in [2.05, 4.69) is 17.6 Å². The van der Waals surface area contributed by atoms with Crippen LogP contribution in [0.1, 0.15) is 27.0 Å². The molecule has 0 aliphatic rings. The monoisotopic (exact) mass is 268 g/mol. The van der Waals surface area contributed by atoms with Gasteiger partial charge in [-0.3, -0.25) is 4.79 Å². The van der Waals surface area contributed by atoms with Crippen LogP contribution in [0.4, 0.5) is 11.4 Å². The molecule has 3 heteroatoms. The molecule has 2 aromatic rings. The molecule has 0 atom stereocenters. The van der Waals surface area contributed by atoms with Gasteiger partial charge < -0.3 is 10.6 Å². The van der Waals surface area contributed by atoms with Crippen molar-refractivity contribution >= 4 is 17.3 Å². The second kappa shape index (κ2) is 5.78. The number of carbonyl (C=O) groups is 1. The zero-order valence-electron chi connectivity index (χ0n) is 12.4. The van der Waals surface area contributed by atoms with Crippen LogP contribution in [0.3, 0.4) is 0 Å². The Morgan fingerprint density at radius 2 is 1.70 bits per heavy atom. The summed E-state index contributed by atoms with van der Waals surface area (Å²) < 4.78 is 0. The highest BCUT2D eigenvalue weighted by Crippen LogP contribution is 2.20. The molecule has 3 nitrogen and oxygen atoms in total. The minimum atomic E-state index is -0.0994. The molecule has 0 aromatic heterocycles. The maximum absolute atomic E-state index is 12.4. The van der Waals surface area contributed by atoms with E-state index in [0.29, 0.717) is 5.56 Å². The molecule has 0 saturated heterocycles. The average Bonchev–Trinajstić information content (AvgIpc) is 2.42. The summed E-state index contributed by atoms with van der Waals surface area (Å²) in [5, 5.41) is 6.00. The summed E-state index contributed by atoms with van der Waals surface area (Å²) in [5.74, 6) is -0.0994.